The Hall–Kier alpha value is -4.04. The molecule has 0 saturated carbocycles. The third kappa shape index (κ3) is 12.3. The maximum absolute atomic E-state index is 12.9. The second-order valence-corrected chi connectivity index (χ2v) is 9.39. The number of carbonyl (C=O) groups is 8. The van der Waals surface area contributed by atoms with Crippen LogP contribution in [0.5, 0.6) is 0 Å². The number of hydrogen-bond acceptors (Lipinski definition) is 8. The quantitative estimate of drug-likeness (QED) is 0.105. The molecule has 0 rings (SSSR count). The van der Waals surface area contributed by atoms with Crippen LogP contribution in [0.4, 0.5) is 0 Å². The Kier molecular flexibility index (Phi) is 14.2. The second-order valence-electron chi connectivity index (χ2n) is 9.39. The van der Waals surface area contributed by atoms with E-state index in [1.54, 1.807) is 27.7 Å². The van der Waals surface area contributed by atoms with E-state index in [9.17, 15) is 43.5 Å². The smallest absolute Gasteiger partial charge is 0.305 e. The van der Waals surface area contributed by atoms with Crippen molar-refractivity contribution < 1.29 is 48.6 Å². The van der Waals surface area contributed by atoms with Gasteiger partial charge >= 0.3 is 11.9 Å². The summed E-state index contributed by atoms with van der Waals surface area (Å²) in [5, 5.41) is 29.6. The maximum Gasteiger partial charge on any atom is 0.305 e. The van der Waals surface area contributed by atoms with E-state index in [0.29, 0.717) is 0 Å². The molecule has 38 heavy (non-hydrogen) atoms. The van der Waals surface area contributed by atoms with Gasteiger partial charge in [-0.2, -0.15) is 0 Å². The first-order chi connectivity index (χ1) is 17.5. The Labute approximate surface area is 219 Å². The highest BCUT2D eigenvalue weighted by molar-refractivity contribution is 5.97. The molecule has 7 N–H and O–H groups in total. The first-order valence-corrected chi connectivity index (χ1v) is 11.9. The molecule has 0 aliphatic rings. The standard InChI is InChI=1S/C23H37N5O10/c1-10(2)18(25-13(6)30)23(38)27-15(8-17(33)34)21(36)28-19(11(3)4)22(37)24-12(5)20(35)26-14(9-29)7-16(31)32/h9-12,14-15,18-19H,7-8H2,1-6H3,(H,24,37)(H,25,30)(H,26,35)(H,27,38)(H,28,36)(H,31,32)(H,33,34)/t12-,14-,15-,18?,19?/m0/s1. The fraction of sp³-hybridized carbons (Fsp3) is 0.652. The van der Waals surface area contributed by atoms with E-state index in [4.69, 9.17) is 5.11 Å². The van der Waals surface area contributed by atoms with Crippen LogP contribution >= 0.6 is 0 Å². The van der Waals surface area contributed by atoms with Gasteiger partial charge in [-0.05, 0) is 18.8 Å². The number of aliphatic carboxylic acids is 2. The van der Waals surface area contributed by atoms with Crippen LogP contribution in [0, 0.1) is 11.8 Å². The Morgan fingerprint density at radius 1 is 0.632 bits per heavy atom. The molecule has 214 valence electrons. The third-order valence-corrected chi connectivity index (χ3v) is 5.21. The molecule has 0 aromatic heterocycles. The van der Waals surface area contributed by atoms with Crippen molar-refractivity contribution in [1.29, 1.82) is 0 Å². The molecular weight excluding hydrogens is 506 g/mol. The largest absolute Gasteiger partial charge is 0.481 e. The summed E-state index contributed by atoms with van der Waals surface area (Å²) in [6.07, 6.45) is -1.23. The van der Waals surface area contributed by atoms with Gasteiger partial charge in [0.25, 0.3) is 0 Å². The van der Waals surface area contributed by atoms with Crippen LogP contribution in [-0.4, -0.2) is 88.2 Å². The molecule has 15 nitrogen and oxygen atoms in total. The lowest BCUT2D eigenvalue weighted by Crippen LogP contribution is -2.60. The monoisotopic (exact) mass is 543 g/mol. The zero-order chi connectivity index (χ0) is 29.7. The summed E-state index contributed by atoms with van der Waals surface area (Å²) in [6, 6.07) is -6.43. The summed E-state index contributed by atoms with van der Waals surface area (Å²) in [7, 11) is 0. The molecule has 2 unspecified atom stereocenters. The van der Waals surface area contributed by atoms with E-state index in [-0.39, 0.29) is 12.2 Å². The molecule has 0 aromatic rings. The molecule has 0 radical (unpaired) electrons. The third-order valence-electron chi connectivity index (χ3n) is 5.21. The van der Waals surface area contributed by atoms with E-state index < -0.39 is 90.4 Å². The van der Waals surface area contributed by atoms with Crippen molar-refractivity contribution in [3.63, 3.8) is 0 Å². The van der Waals surface area contributed by atoms with Gasteiger partial charge in [0.15, 0.2) is 0 Å². The van der Waals surface area contributed by atoms with Crippen molar-refractivity contribution in [3.05, 3.63) is 0 Å². The number of hydrogen-bond donors (Lipinski definition) is 7. The fourth-order valence-corrected chi connectivity index (χ4v) is 3.19. The molecule has 0 aliphatic heterocycles. The van der Waals surface area contributed by atoms with Gasteiger partial charge in [0.1, 0.15) is 30.5 Å². The normalized spacial score (nSPS) is 14.7. The highest BCUT2D eigenvalue weighted by atomic mass is 16.4. The molecule has 0 bridgehead atoms. The lowest BCUT2D eigenvalue weighted by molar-refractivity contribution is -0.142. The van der Waals surface area contributed by atoms with Crippen LogP contribution in [0.2, 0.25) is 0 Å². The predicted octanol–water partition coefficient (Wildman–Crippen LogP) is -2.09. The molecule has 0 saturated heterocycles. The van der Waals surface area contributed by atoms with Crippen molar-refractivity contribution in [2.45, 2.75) is 84.6 Å². The summed E-state index contributed by atoms with van der Waals surface area (Å²) < 4.78 is 0. The van der Waals surface area contributed by atoms with Gasteiger partial charge < -0.3 is 41.6 Å². The van der Waals surface area contributed by atoms with Gasteiger partial charge in [0, 0.05) is 6.92 Å². The number of carboxylic acid groups (broad SMARTS) is 2. The van der Waals surface area contributed by atoms with Crippen LogP contribution in [0.1, 0.15) is 54.4 Å². The molecule has 0 heterocycles. The van der Waals surface area contributed by atoms with E-state index in [1.165, 1.54) is 13.8 Å². The van der Waals surface area contributed by atoms with Gasteiger partial charge in [-0.25, -0.2) is 0 Å². The number of rotatable bonds is 16. The minimum Gasteiger partial charge on any atom is -0.481 e. The lowest BCUT2D eigenvalue weighted by atomic mass is 10.0. The van der Waals surface area contributed by atoms with Crippen LogP contribution in [0.25, 0.3) is 0 Å². The van der Waals surface area contributed by atoms with Crippen molar-refractivity contribution in [2.24, 2.45) is 11.8 Å². The van der Waals surface area contributed by atoms with Crippen molar-refractivity contribution in [2.75, 3.05) is 0 Å². The zero-order valence-electron chi connectivity index (χ0n) is 22.2. The number of carboxylic acids is 2. The summed E-state index contributed by atoms with van der Waals surface area (Å²) in [4.78, 5) is 95.3. The van der Waals surface area contributed by atoms with Crippen LogP contribution in [0.3, 0.4) is 0 Å². The second kappa shape index (κ2) is 15.9. The van der Waals surface area contributed by atoms with Crippen LogP contribution in [0.15, 0.2) is 0 Å². The molecule has 5 amide bonds. The van der Waals surface area contributed by atoms with Gasteiger partial charge in [-0.3, -0.25) is 33.6 Å². The maximum atomic E-state index is 12.9. The molecule has 5 atom stereocenters. The minimum atomic E-state index is -1.59. The average molecular weight is 544 g/mol. The van der Waals surface area contributed by atoms with Gasteiger partial charge in [0.05, 0.1) is 18.9 Å². The Balaban J connectivity index is 5.55. The van der Waals surface area contributed by atoms with Crippen molar-refractivity contribution in [1.82, 2.24) is 26.6 Å². The Morgan fingerprint density at radius 2 is 1.11 bits per heavy atom. The number of amides is 5. The molecule has 0 aliphatic carbocycles. The molecule has 15 heteroatoms. The summed E-state index contributed by atoms with van der Waals surface area (Å²) >= 11 is 0. The Morgan fingerprint density at radius 3 is 1.53 bits per heavy atom. The summed E-state index contributed by atoms with van der Waals surface area (Å²) in [5.41, 5.74) is 0. The van der Waals surface area contributed by atoms with Crippen LogP contribution in [-0.2, 0) is 38.4 Å². The number of nitrogens with one attached hydrogen (secondary N) is 5. The molecular formula is C23H37N5O10. The fourth-order valence-electron chi connectivity index (χ4n) is 3.19. The van der Waals surface area contributed by atoms with Crippen molar-refractivity contribution in [3.8, 4) is 0 Å². The highest BCUT2D eigenvalue weighted by Gasteiger charge is 2.33. The van der Waals surface area contributed by atoms with E-state index in [2.05, 4.69) is 26.6 Å². The first kappa shape index (κ1) is 34.0. The molecule has 0 fully saturated rings. The topological polar surface area (TPSA) is 237 Å². The van der Waals surface area contributed by atoms with Gasteiger partial charge in [-0.1, -0.05) is 27.7 Å². The number of carbonyl (C=O) groups excluding carboxylic acids is 6. The summed E-state index contributed by atoms with van der Waals surface area (Å²) in [5.74, 6) is -7.62. The SMILES string of the molecule is CC(=O)NC(C(=O)N[C@@H](CC(=O)O)C(=O)NC(C(=O)N[C@@H](C)C(=O)N[C@H](C=O)CC(=O)O)C(C)C)C(C)C. The van der Waals surface area contributed by atoms with E-state index in [1.807, 2.05) is 0 Å². The lowest BCUT2D eigenvalue weighted by Gasteiger charge is -2.27. The number of aldehydes is 1. The van der Waals surface area contributed by atoms with E-state index in [0.717, 1.165) is 0 Å². The Bertz CT molecular complexity index is 920. The van der Waals surface area contributed by atoms with E-state index >= 15 is 0 Å². The van der Waals surface area contributed by atoms with Crippen LogP contribution < -0.4 is 26.6 Å². The molecule has 0 spiro atoms. The molecule has 0 aromatic carbocycles. The first-order valence-electron chi connectivity index (χ1n) is 11.9. The average Bonchev–Trinajstić information content (AvgIpc) is 2.78. The predicted molar refractivity (Wildman–Crippen MR) is 131 cm³/mol. The highest BCUT2D eigenvalue weighted by Crippen LogP contribution is 2.07. The summed E-state index contributed by atoms with van der Waals surface area (Å²) in [6.45, 7) is 8.89. The van der Waals surface area contributed by atoms with Gasteiger partial charge in [0.2, 0.25) is 29.5 Å². The minimum absolute atomic E-state index is 0.240. The zero-order valence-corrected chi connectivity index (χ0v) is 22.2. The van der Waals surface area contributed by atoms with Gasteiger partial charge in [-0.15, -0.1) is 0 Å². The van der Waals surface area contributed by atoms with Crippen molar-refractivity contribution >= 4 is 47.8 Å².